The molecule has 0 radical (unpaired) electrons. The van der Waals surface area contributed by atoms with Crippen LogP contribution in [-0.2, 0) is 25.5 Å². The second kappa shape index (κ2) is 16.3. The van der Waals surface area contributed by atoms with Crippen molar-refractivity contribution in [2.75, 3.05) is 26.9 Å². The molecule has 3 aromatic rings. The molecule has 0 aromatic heterocycles. The Hall–Kier alpha value is -4.37. The van der Waals surface area contributed by atoms with Gasteiger partial charge in [0.2, 0.25) is 5.90 Å². The molecule has 2 N–H and O–H groups in total. The van der Waals surface area contributed by atoms with E-state index in [1.165, 1.54) is 5.56 Å². The molecule has 1 aliphatic heterocycles. The Kier molecular flexibility index (Phi) is 12.2. The molecular weight excluding hydrogens is 584 g/mol. The number of nitrogens with zero attached hydrogens (tertiary/aromatic N) is 1. The summed E-state index contributed by atoms with van der Waals surface area (Å²) in [7, 11) is 1.58. The van der Waals surface area contributed by atoms with Crippen LogP contribution in [0.15, 0.2) is 83.9 Å². The Morgan fingerprint density at radius 3 is 2.41 bits per heavy atom. The first kappa shape index (κ1) is 34.5. The van der Waals surface area contributed by atoms with Crippen molar-refractivity contribution in [1.82, 2.24) is 5.32 Å². The molecule has 0 aliphatic carbocycles. The predicted octanol–water partition coefficient (Wildman–Crippen LogP) is 5.97. The number of nitrogens with one attached hydrogen (secondary N) is 1. The van der Waals surface area contributed by atoms with E-state index >= 15 is 0 Å². The van der Waals surface area contributed by atoms with E-state index in [0.717, 1.165) is 19.3 Å². The topological polar surface area (TPSA) is 116 Å². The maximum Gasteiger partial charge on any atom is 0.306 e. The lowest BCUT2D eigenvalue weighted by atomic mass is 9.83. The van der Waals surface area contributed by atoms with Crippen molar-refractivity contribution in [3.63, 3.8) is 0 Å². The van der Waals surface area contributed by atoms with E-state index in [2.05, 4.69) is 17.4 Å². The largest absolute Gasteiger partial charge is 0.497 e. The highest BCUT2D eigenvalue weighted by Crippen LogP contribution is 2.44. The summed E-state index contributed by atoms with van der Waals surface area (Å²) in [5.41, 5.74) is 0.500. The van der Waals surface area contributed by atoms with Crippen LogP contribution in [-0.4, -0.2) is 60.9 Å². The first-order valence-electron chi connectivity index (χ1n) is 15.9. The molecule has 1 heterocycles. The maximum absolute atomic E-state index is 14.3. The number of rotatable bonds is 16. The monoisotopic (exact) mass is 630 g/mol. The third kappa shape index (κ3) is 9.57. The highest BCUT2D eigenvalue weighted by atomic mass is 16.6. The Morgan fingerprint density at radius 1 is 0.957 bits per heavy atom. The van der Waals surface area contributed by atoms with Crippen molar-refractivity contribution in [1.29, 1.82) is 0 Å². The molecule has 0 saturated heterocycles. The van der Waals surface area contributed by atoms with Crippen LogP contribution in [0.1, 0.15) is 75.7 Å². The van der Waals surface area contributed by atoms with Gasteiger partial charge >= 0.3 is 5.97 Å². The van der Waals surface area contributed by atoms with Gasteiger partial charge in [-0.2, -0.15) is 0 Å². The molecule has 0 unspecified atom stereocenters. The molecule has 1 amide bonds. The van der Waals surface area contributed by atoms with E-state index in [9.17, 15) is 9.59 Å². The Labute approximate surface area is 271 Å². The van der Waals surface area contributed by atoms with E-state index < -0.39 is 23.2 Å². The zero-order chi connectivity index (χ0) is 33.0. The van der Waals surface area contributed by atoms with E-state index in [-0.39, 0.29) is 31.3 Å². The quantitative estimate of drug-likeness (QED) is 0.148. The van der Waals surface area contributed by atoms with Gasteiger partial charge in [0.25, 0.3) is 5.91 Å². The number of methoxy groups -OCH3 is 1. The Morgan fingerprint density at radius 2 is 1.72 bits per heavy atom. The fourth-order valence-corrected chi connectivity index (χ4v) is 5.31. The highest BCUT2D eigenvalue weighted by molar-refractivity contribution is 6.01. The second-order valence-corrected chi connectivity index (χ2v) is 12.4. The number of amides is 1. The van der Waals surface area contributed by atoms with Gasteiger partial charge in [-0.3, -0.25) is 9.59 Å². The summed E-state index contributed by atoms with van der Waals surface area (Å²) in [6, 6.07) is 24.9. The highest BCUT2D eigenvalue weighted by Gasteiger charge is 2.53. The minimum atomic E-state index is -1.45. The summed E-state index contributed by atoms with van der Waals surface area (Å²) in [5, 5.41) is 12.2. The maximum atomic E-state index is 14.3. The fraction of sp³-hybridized carbons (Fsp3) is 0.432. The number of unbranched alkanes of at least 4 members (excludes halogenated alkanes) is 1. The number of aliphatic hydroxyl groups excluding tert-OH is 1. The summed E-state index contributed by atoms with van der Waals surface area (Å²) in [5.74, 6) is 0.812. The smallest absolute Gasteiger partial charge is 0.306 e. The van der Waals surface area contributed by atoms with E-state index in [4.69, 9.17) is 29.0 Å². The van der Waals surface area contributed by atoms with Gasteiger partial charge in [-0.15, -0.1) is 0 Å². The van der Waals surface area contributed by atoms with Crippen LogP contribution in [0.25, 0.3) is 0 Å². The second-order valence-electron chi connectivity index (χ2n) is 12.4. The lowest BCUT2D eigenvalue weighted by molar-refractivity contribution is -0.155. The molecule has 3 aromatic carbocycles. The molecule has 0 saturated carbocycles. The molecule has 9 nitrogen and oxygen atoms in total. The third-order valence-corrected chi connectivity index (χ3v) is 7.58. The van der Waals surface area contributed by atoms with Crippen LogP contribution in [0.2, 0.25) is 0 Å². The third-order valence-electron chi connectivity index (χ3n) is 7.58. The molecule has 4 rings (SSSR count). The van der Waals surface area contributed by atoms with Crippen LogP contribution in [0.5, 0.6) is 11.5 Å². The number of carbonyl (C=O) groups is 2. The molecule has 2 atom stereocenters. The molecule has 0 spiro atoms. The van der Waals surface area contributed by atoms with Gasteiger partial charge in [0.05, 0.1) is 13.7 Å². The number of aliphatic imine (C=N–C) groups is 1. The van der Waals surface area contributed by atoms with Crippen molar-refractivity contribution in [2.45, 2.75) is 76.5 Å². The summed E-state index contributed by atoms with van der Waals surface area (Å²) in [6.07, 6.45) is 2.35. The summed E-state index contributed by atoms with van der Waals surface area (Å²) in [4.78, 5) is 32.2. The molecule has 0 bridgehead atoms. The summed E-state index contributed by atoms with van der Waals surface area (Å²) in [6.45, 7) is 6.34. The van der Waals surface area contributed by atoms with Gasteiger partial charge in [0, 0.05) is 31.6 Å². The number of carbonyl (C=O) groups excluding carboxylic acids is 2. The minimum Gasteiger partial charge on any atom is -0.497 e. The average Bonchev–Trinajstić information content (AvgIpc) is 3.45. The standard InChI is InChI=1S/C37H46N2O7/c1-36(2,3)46-32(41)21-22-37(35(42)38-23-9-8-14-27-12-6-5-7-13-27)33(29-15-10-16-31(26-29)43-4)45-34(39-37)28-17-19-30(20-18-28)44-25-11-24-40/h5-7,10,12-13,15-20,26,33,40H,8-9,11,14,21-25H2,1-4H3,(H,38,42)/t33-,37-/m1/s1. The number of ether oxygens (including phenoxy) is 4. The van der Waals surface area contributed by atoms with Gasteiger partial charge < -0.3 is 29.4 Å². The molecule has 0 fully saturated rings. The first-order valence-corrected chi connectivity index (χ1v) is 15.9. The number of hydrogen-bond donors (Lipinski definition) is 2. The van der Waals surface area contributed by atoms with Crippen LogP contribution in [0.3, 0.4) is 0 Å². The first-order chi connectivity index (χ1) is 22.1. The van der Waals surface area contributed by atoms with Gasteiger partial charge in [0.1, 0.15) is 17.1 Å². The lowest BCUT2D eigenvalue weighted by Gasteiger charge is -2.31. The van der Waals surface area contributed by atoms with Gasteiger partial charge in [-0.1, -0.05) is 42.5 Å². The lowest BCUT2D eigenvalue weighted by Crippen LogP contribution is -2.49. The Balaban J connectivity index is 1.63. The van der Waals surface area contributed by atoms with Crippen LogP contribution >= 0.6 is 0 Å². The number of aliphatic hydroxyl groups is 1. The molecular formula is C37H46N2O7. The minimum absolute atomic E-state index is 0.0308. The SMILES string of the molecule is COc1cccc([C@H]2OC(c3ccc(OCCCO)cc3)=N[C@@]2(CCC(=O)OC(C)(C)C)C(=O)NCCCCc2ccccc2)c1. The van der Waals surface area contributed by atoms with Gasteiger partial charge in [-0.25, -0.2) is 4.99 Å². The normalized spacial score (nSPS) is 17.5. The predicted molar refractivity (Wildman–Crippen MR) is 177 cm³/mol. The Bertz CT molecular complexity index is 1450. The van der Waals surface area contributed by atoms with Crippen molar-refractivity contribution in [2.24, 2.45) is 4.99 Å². The number of hydrogen-bond acceptors (Lipinski definition) is 8. The van der Waals surface area contributed by atoms with Crippen molar-refractivity contribution < 1.29 is 33.6 Å². The molecule has 46 heavy (non-hydrogen) atoms. The molecule has 1 aliphatic rings. The molecule has 9 heteroatoms. The van der Waals surface area contributed by atoms with Crippen molar-refractivity contribution in [3.05, 3.63) is 95.6 Å². The summed E-state index contributed by atoms with van der Waals surface area (Å²) >= 11 is 0. The van der Waals surface area contributed by atoms with Crippen LogP contribution < -0.4 is 14.8 Å². The summed E-state index contributed by atoms with van der Waals surface area (Å²) < 4.78 is 23.3. The van der Waals surface area contributed by atoms with Crippen LogP contribution in [0.4, 0.5) is 0 Å². The van der Waals surface area contributed by atoms with E-state index in [1.807, 2.05) is 75.4 Å². The molecule has 246 valence electrons. The zero-order valence-corrected chi connectivity index (χ0v) is 27.3. The van der Waals surface area contributed by atoms with Gasteiger partial charge in [-0.05, 0) is 94.0 Å². The average molecular weight is 631 g/mol. The van der Waals surface area contributed by atoms with Gasteiger partial charge in [0.15, 0.2) is 11.6 Å². The van der Waals surface area contributed by atoms with Crippen molar-refractivity contribution in [3.8, 4) is 11.5 Å². The van der Waals surface area contributed by atoms with E-state index in [1.54, 1.807) is 19.2 Å². The number of aryl methyl sites for hydroxylation is 1. The number of esters is 1. The zero-order valence-electron chi connectivity index (χ0n) is 27.3. The van der Waals surface area contributed by atoms with E-state index in [0.29, 0.717) is 42.2 Å². The number of benzene rings is 3. The fourth-order valence-electron chi connectivity index (χ4n) is 5.31. The van der Waals surface area contributed by atoms with Crippen molar-refractivity contribution >= 4 is 17.8 Å². The van der Waals surface area contributed by atoms with Crippen LogP contribution in [0, 0.1) is 0 Å².